The number of anilines is 2. The van der Waals surface area contributed by atoms with E-state index in [0.29, 0.717) is 28.8 Å². The molecular formula is C23H32N8O. The van der Waals surface area contributed by atoms with Crippen LogP contribution < -0.4 is 21.5 Å². The molecule has 9 heteroatoms. The van der Waals surface area contributed by atoms with E-state index in [4.69, 9.17) is 10.8 Å². The minimum Gasteiger partial charge on any atom is -0.382 e. The average molecular weight is 437 g/mol. The van der Waals surface area contributed by atoms with Crippen LogP contribution in [0.4, 0.5) is 11.6 Å². The van der Waals surface area contributed by atoms with Crippen LogP contribution in [-0.2, 0) is 7.05 Å². The summed E-state index contributed by atoms with van der Waals surface area (Å²) in [6.45, 7) is 1.99. The van der Waals surface area contributed by atoms with Gasteiger partial charge in [-0.25, -0.2) is 0 Å². The van der Waals surface area contributed by atoms with Gasteiger partial charge < -0.3 is 20.5 Å². The molecule has 3 fully saturated rings. The maximum absolute atomic E-state index is 13.5. The molecular weight excluding hydrogens is 404 g/mol. The van der Waals surface area contributed by atoms with E-state index < -0.39 is 0 Å². The molecule has 32 heavy (non-hydrogen) atoms. The number of nitrogen functional groups attached to an aromatic ring is 1. The van der Waals surface area contributed by atoms with Gasteiger partial charge in [-0.3, -0.25) is 14.6 Å². The van der Waals surface area contributed by atoms with Gasteiger partial charge in [0.05, 0.1) is 11.2 Å². The number of likely N-dealkylation sites (N-methyl/N-ethyl adjacent to an activating group) is 1. The first kappa shape index (κ1) is 19.8. The molecule has 0 unspecified atom stereocenters. The highest BCUT2D eigenvalue weighted by molar-refractivity contribution is 5.97. The molecule has 2 saturated carbocycles. The summed E-state index contributed by atoms with van der Waals surface area (Å²) in [6, 6.07) is 2.88. The van der Waals surface area contributed by atoms with Crippen LogP contribution >= 0.6 is 0 Å². The smallest absolute Gasteiger partial charge is 0.264 e. The fraction of sp³-hybridized carbons (Fsp3) is 0.609. The molecule has 1 saturated heterocycles. The third-order valence-electron chi connectivity index (χ3n) is 7.55. The van der Waals surface area contributed by atoms with E-state index in [9.17, 15) is 4.79 Å². The van der Waals surface area contributed by atoms with Gasteiger partial charge in [0.15, 0.2) is 5.82 Å². The van der Waals surface area contributed by atoms with Crippen molar-refractivity contribution in [3.8, 4) is 11.3 Å². The van der Waals surface area contributed by atoms with Gasteiger partial charge in [0.25, 0.3) is 5.56 Å². The van der Waals surface area contributed by atoms with Crippen molar-refractivity contribution in [2.24, 2.45) is 18.9 Å². The summed E-state index contributed by atoms with van der Waals surface area (Å²) in [4.78, 5) is 15.9. The number of aromatic amines is 1. The molecule has 4 N–H and O–H groups in total. The molecule has 0 radical (unpaired) electrons. The Morgan fingerprint density at radius 1 is 1.25 bits per heavy atom. The number of aryl methyl sites for hydroxylation is 1. The van der Waals surface area contributed by atoms with Crippen molar-refractivity contribution in [2.75, 3.05) is 30.8 Å². The molecule has 0 bridgehead atoms. The van der Waals surface area contributed by atoms with Crippen LogP contribution in [0.25, 0.3) is 22.2 Å². The fourth-order valence-electron chi connectivity index (χ4n) is 5.73. The van der Waals surface area contributed by atoms with Crippen LogP contribution in [0.3, 0.4) is 0 Å². The maximum Gasteiger partial charge on any atom is 0.264 e. The van der Waals surface area contributed by atoms with Crippen molar-refractivity contribution in [1.82, 2.24) is 29.9 Å². The van der Waals surface area contributed by atoms with Gasteiger partial charge in [-0.15, -0.1) is 0 Å². The summed E-state index contributed by atoms with van der Waals surface area (Å²) in [7, 11) is 4.00. The van der Waals surface area contributed by atoms with Gasteiger partial charge in [-0.1, -0.05) is 0 Å². The van der Waals surface area contributed by atoms with Crippen molar-refractivity contribution in [2.45, 2.75) is 50.6 Å². The molecule has 3 aromatic rings. The Bertz CT molecular complexity index is 1200. The number of rotatable bonds is 7. The highest BCUT2D eigenvalue weighted by Crippen LogP contribution is 2.52. The van der Waals surface area contributed by atoms with Crippen molar-refractivity contribution in [1.29, 1.82) is 0 Å². The van der Waals surface area contributed by atoms with Gasteiger partial charge in [0.1, 0.15) is 11.2 Å². The molecule has 1 aliphatic heterocycles. The second kappa shape index (κ2) is 7.37. The predicted molar refractivity (Wildman–Crippen MR) is 126 cm³/mol. The Labute approximate surface area is 187 Å². The van der Waals surface area contributed by atoms with E-state index in [2.05, 4.69) is 26.5 Å². The Morgan fingerprint density at radius 3 is 2.69 bits per heavy atom. The zero-order valence-electron chi connectivity index (χ0n) is 18.8. The lowest BCUT2D eigenvalue weighted by Gasteiger charge is -2.26. The Kier molecular flexibility index (Phi) is 4.57. The van der Waals surface area contributed by atoms with Crippen molar-refractivity contribution in [3.05, 3.63) is 22.6 Å². The van der Waals surface area contributed by atoms with Crippen LogP contribution in [0.5, 0.6) is 0 Å². The third-order valence-corrected chi connectivity index (χ3v) is 7.55. The van der Waals surface area contributed by atoms with E-state index in [1.807, 2.05) is 29.5 Å². The molecule has 0 aromatic carbocycles. The fourth-order valence-corrected chi connectivity index (χ4v) is 5.73. The summed E-state index contributed by atoms with van der Waals surface area (Å²) in [6.07, 6.45) is 9.20. The quantitative estimate of drug-likeness (QED) is 0.524. The molecule has 3 aliphatic rings. The molecule has 9 nitrogen and oxygen atoms in total. The van der Waals surface area contributed by atoms with Gasteiger partial charge in [-0.2, -0.15) is 10.2 Å². The second-order valence-corrected chi connectivity index (χ2v) is 9.84. The highest BCUT2D eigenvalue weighted by Gasteiger charge is 2.43. The van der Waals surface area contributed by atoms with Crippen LogP contribution in [0.1, 0.15) is 44.6 Å². The number of fused-ring (bicyclic) bond motifs is 1. The number of nitrogens with two attached hydrogens (primary N) is 1. The SMILES string of the molecule is CNC[C@@H]1CCCN1c1cc(-c2cn(C(C3CC3)C3CC3)c(=O)c3c(N)n[nH]c23)nn1C. The topological polar surface area (TPSA) is 110 Å². The van der Waals surface area contributed by atoms with Gasteiger partial charge in [0.2, 0.25) is 0 Å². The number of hydrogen-bond acceptors (Lipinski definition) is 6. The highest BCUT2D eigenvalue weighted by atomic mass is 16.1. The summed E-state index contributed by atoms with van der Waals surface area (Å²) in [5.74, 6) is 2.59. The lowest BCUT2D eigenvalue weighted by atomic mass is 10.0. The molecule has 3 aromatic heterocycles. The molecule has 0 spiro atoms. The van der Waals surface area contributed by atoms with Crippen LogP contribution in [0.15, 0.2) is 17.1 Å². The standard InChI is InChI=1S/C23H32N8O/c1-25-11-15-4-3-9-30(15)18-10-17(28-29(18)2)16-12-31(21(13-5-6-13)14-7-8-14)23(32)19-20(16)26-27-22(19)24/h10,12-15,21,25H,3-9,11H2,1-2H3,(H3,24,26,27)/t15-/m0/s1. The number of pyridine rings is 1. The number of nitrogens with zero attached hydrogens (tertiary/aromatic N) is 5. The van der Waals surface area contributed by atoms with Crippen molar-refractivity contribution >= 4 is 22.5 Å². The molecule has 6 rings (SSSR count). The number of aromatic nitrogens is 5. The number of nitrogens with one attached hydrogen (secondary N) is 2. The zero-order chi connectivity index (χ0) is 22.0. The number of H-pyrrole nitrogens is 1. The van der Waals surface area contributed by atoms with E-state index in [1.165, 1.54) is 38.5 Å². The monoisotopic (exact) mass is 436 g/mol. The van der Waals surface area contributed by atoms with Crippen LogP contribution in [0, 0.1) is 11.8 Å². The third kappa shape index (κ3) is 3.13. The van der Waals surface area contributed by atoms with Crippen molar-refractivity contribution < 1.29 is 0 Å². The Balaban J connectivity index is 1.48. The van der Waals surface area contributed by atoms with Crippen LogP contribution in [-0.4, -0.2) is 50.7 Å². The normalized spacial score (nSPS) is 21.3. The van der Waals surface area contributed by atoms with Crippen LogP contribution in [0.2, 0.25) is 0 Å². The first-order valence-electron chi connectivity index (χ1n) is 11.9. The molecule has 1 atom stereocenters. The lowest BCUT2D eigenvalue weighted by Crippen LogP contribution is -2.37. The summed E-state index contributed by atoms with van der Waals surface area (Å²) in [5, 5.41) is 15.9. The minimum atomic E-state index is -0.0245. The van der Waals surface area contributed by atoms with E-state index in [1.54, 1.807) is 0 Å². The maximum atomic E-state index is 13.5. The van der Waals surface area contributed by atoms with Gasteiger partial charge in [0, 0.05) is 50.0 Å². The van der Waals surface area contributed by atoms with E-state index in [0.717, 1.165) is 30.2 Å². The molecule has 4 heterocycles. The van der Waals surface area contributed by atoms with Gasteiger partial charge >= 0.3 is 0 Å². The first-order chi connectivity index (χ1) is 15.6. The summed E-state index contributed by atoms with van der Waals surface area (Å²) < 4.78 is 3.93. The molecule has 0 amide bonds. The minimum absolute atomic E-state index is 0.0245. The Hall–Kier alpha value is -2.81. The summed E-state index contributed by atoms with van der Waals surface area (Å²) in [5.41, 5.74) is 8.58. The predicted octanol–water partition coefficient (Wildman–Crippen LogP) is 2.26. The van der Waals surface area contributed by atoms with E-state index in [-0.39, 0.29) is 17.4 Å². The average Bonchev–Trinajstić information content (AvgIpc) is 3.67. The zero-order valence-corrected chi connectivity index (χ0v) is 18.8. The first-order valence-corrected chi connectivity index (χ1v) is 11.9. The largest absolute Gasteiger partial charge is 0.382 e. The van der Waals surface area contributed by atoms with Crippen molar-refractivity contribution in [3.63, 3.8) is 0 Å². The number of hydrogen-bond donors (Lipinski definition) is 3. The second-order valence-electron chi connectivity index (χ2n) is 9.84. The summed E-state index contributed by atoms with van der Waals surface area (Å²) >= 11 is 0. The Morgan fingerprint density at radius 2 is 2.00 bits per heavy atom. The molecule has 2 aliphatic carbocycles. The lowest BCUT2D eigenvalue weighted by molar-refractivity contribution is 0.386. The van der Waals surface area contributed by atoms with E-state index >= 15 is 0 Å². The van der Waals surface area contributed by atoms with Gasteiger partial charge in [-0.05, 0) is 57.4 Å². The molecule has 170 valence electrons.